The van der Waals surface area contributed by atoms with Crippen LogP contribution < -0.4 is 4.74 Å². The molecule has 2 heterocycles. The zero-order valence-electron chi connectivity index (χ0n) is 19.2. The summed E-state index contributed by atoms with van der Waals surface area (Å²) in [6.45, 7) is 2.74. The van der Waals surface area contributed by atoms with E-state index in [-0.39, 0.29) is 47.6 Å². The molecule has 1 saturated carbocycles. The number of methoxy groups -OCH3 is 1. The van der Waals surface area contributed by atoms with Crippen LogP contribution in [0.15, 0.2) is 48.1 Å². The summed E-state index contributed by atoms with van der Waals surface area (Å²) >= 11 is 0. The molecular weight excluding hydrogens is 420 g/mol. The van der Waals surface area contributed by atoms with Gasteiger partial charge in [-0.25, -0.2) is 4.79 Å². The maximum Gasteiger partial charge on any atom is 0.341 e. The molecule has 33 heavy (non-hydrogen) atoms. The first-order valence-corrected chi connectivity index (χ1v) is 12.0. The van der Waals surface area contributed by atoms with Crippen LogP contribution in [0.25, 0.3) is 0 Å². The lowest BCUT2D eigenvalue weighted by atomic mass is 9.68. The third kappa shape index (κ3) is 4.38. The summed E-state index contributed by atoms with van der Waals surface area (Å²) in [6.07, 6.45) is 7.30. The summed E-state index contributed by atoms with van der Waals surface area (Å²) in [5.41, 5.74) is 1.29. The first-order chi connectivity index (χ1) is 15.9. The van der Waals surface area contributed by atoms with Crippen molar-refractivity contribution in [3.05, 3.63) is 53.6 Å². The van der Waals surface area contributed by atoms with Gasteiger partial charge in [-0.1, -0.05) is 37.3 Å². The maximum absolute atomic E-state index is 12.7. The van der Waals surface area contributed by atoms with Gasteiger partial charge in [0.25, 0.3) is 0 Å². The monoisotopic (exact) mass is 452 g/mol. The number of esters is 1. The molecule has 6 heteroatoms. The molecule has 0 amide bonds. The highest BCUT2D eigenvalue weighted by Gasteiger charge is 2.48. The Morgan fingerprint density at radius 3 is 2.58 bits per heavy atom. The highest BCUT2D eigenvalue weighted by molar-refractivity contribution is 6.18. The van der Waals surface area contributed by atoms with Crippen LogP contribution in [0.5, 0.6) is 5.75 Å². The Kier molecular flexibility index (Phi) is 6.14. The molecule has 176 valence electrons. The molecule has 1 aromatic rings. The lowest BCUT2D eigenvalue weighted by molar-refractivity contribution is -0.153. The van der Waals surface area contributed by atoms with Crippen LogP contribution in [-0.2, 0) is 25.7 Å². The molecule has 6 rings (SSSR count). The molecule has 2 fully saturated rings. The van der Waals surface area contributed by atoms with E-state index in [1.165, 1.54) is 0 Å². The van der Waals surface area contributed by atoms with E-state index in [1.807, 2.05) is 30.3 Å². The Balaban J connectivity index is 1.39. The number of ether oxygens (including phenoxy) is 3. The minimum atomic E-state index is -0.599. The summed E-state index contributed by atoms with van der Waals surface area (Å²) in [5.74, 6) is 1.05. The Morgan fingerprint density at radius 2 is 1.85 bits per heavy atom. The van der Waals surface area contributed by atoms with Crippen molar-refractivity contribution in [2.75, 3.05) is 7.11 Å². The fraction of sp³-hybridized carbons (Fsp3) is 0.556. The number of benzene rings is 1. The maximum atomic E-state index is 12.7. The first kappa shape index (κ1) is 22.4. The predicted octanol–water partition coefficient (Wildman–Crippen LogP) is 3.62. The van der Waals surface area contributed by atoms with Gasteiger partial charge >= 0.3 is 5.97 Å². The van der Waals surface area contributed by atoms with Gasteiger partial charge in [0.2, 0.25) is 0 Å². The predicted molar refractivity (Wildman–Crippen MR) is 121 cm³/mol. The van der Waals surface area contributed by atoms with Gasteiger partial charge in [-0.2, -0.15) is 0 Å². The van der Waals surface area contributed by atoms with Crippen molar-refractivity contribution in [1.82, 2.24) is 0 Å². The Bertz CT molecular complexity index is 943. The molecule has 1 N–H and O–H groups in total. The standard InChI is InChI=1S/C27H32O6/c1-15-9-23-21(26(15)32-14-16-3-6-19(31-2)7-4-16)8-5-17-10-18(28)11-20-12-25(29)24(13-22(17)23)27(30)33-20/h3-8,13,15,17-18,20-23,26,28H,9-12,14H2,1-2H3/b24-13-/t15-,17-,18-,20-,21+,22+,23+,26+/m1/s1. The average Bonchev–Trinajstić information content (AvgIpc) is 3.11. The van der Waals surface area contributed by atoms with Gasteiger partial charge in [0, 0.05) is 18.8 Å². The van der Waals surface area contributed by atoms with Gasteiger partial charge in [0.1, 0.15) is 11.9 Å². The van der Waals surface area contributed by atoms with Crippen LogP contribution in [0.1, 0.15) is 38.2 Å². The summed E-state index contributed by atoms with van der Waals surface area (Å²) < 4.78 is 17.1. The molecule has 8 atom stereocenters. The van der Waals surface area contributed by atoms with E-state index in [4.69, 9.17) is 14.2 Å². The van der Waals surface area contributed by atoms with Crippen LogP contribution in [0.4, 0.5) is 0 Å². The van der Waals surface area contributed by atoms with E-state index >= 15 is 0 Å². The number of carbonyl (C=O) groups excluding carboxylic acids is 2. The van der Waals surface area contributed by atoms with Gasteiger partial charge in [0.15, 0.2) is 5.78 Å². The van der Waals surface area contributed by atoms with Crippen molar-refractivity contribution in [2.24, 2.45) is 29.6 Å². The van der Waals surface area contributed by atoms with Crippen LogP contribution in [0, 0.1) is 29.6 Å². The molecule has 0 radical (unpaired) electrons. The molecule has 3 aliphatic carbocycles. The number of fused-ring (bicyclic) bond motifs is 5. The van der Waals surface area contributed by atoms with Crippen molar-refractivity contribution < 1.29 is 28.9 Å². The van der Waals surface area contributed by atoms with Crippen molar-refractivity contribution >= 4 is 11.8 Å². The van der Waals surface area contributed by atoms with Crippen LogP contribution in [-0.4, -0.2) is 42.3 Å². The molecule has 0 unspecified atom stereocenters. The largest absolute Gasteiger partial charge is 0.497 e. The number of aliphatic hydroxyl groups excluding tert-OH is 1. The molecule has 2 aliphatic heterocycles. The molecule has 2 bridgehead atoms. The van der Waals surface area contributed by atoms with E-state index in [9.17, 15) is 14.7 Å². The Hall–Kier alpha value is -2.44. The van der Waals surface area contributed by atoms with Crippen LogP contribution in [0.3, 0.4) is 0 Å². The van der Waals surface area contributed by atoms with Crippen molar-refractivity contribution in [1.29, 1.82) is 0 Å². The van der Waals surface area contributed by atoms with E-state index in [1.54, 1.807) is 7.11 Å². The second kappa shape index (κ2) is 9.07. The SMILES string of the molecule is COc1ccc(CO[C@@H]2[C@H]3C=C[C@@H]4C[C@@H](O)C[C@@H]5CC(=O)/C(=C/[C@@H]4[C@H]3C[C@H]2C)C(=O)O5)cc1. The van der Waals surface area contributed by atoms with Crippen LogP contribution >= 0.6 is 0 Å². The molecule has 1 aromatic carbocycles. The van der Waals surface area contributed by atoms with E-state index < -0.39 is 18.2 Å². The molecular formula is C27H32O6. The zero-order valence-corrected chi connectivity index (χ0v) is 19.2. The van der Waals surface area contributed by atoms with Gasteiger partial charge in [0.05, 0.1) is 31.5 Å². The smallest absolute Gasteiger partial charge is 0.341 e. The summed E-state index contributed by atoms with van der Waals surface area (Å²) in [6, 6.07) is 7.91. The number of allylic oxidation sites excluding steroid dienone is 2. The normalized spacial score (nSPS) is 39.3. The minimum Gasteiger partial charge on any atom is -0.497 e. The number of carbonyl (C=O) groups is 2. The van der Waals surface area contributed by atoms with Crippen molar-refractivity contribution in [2.45, 2.75) is 57.5 Å². The van der Waals surface area contributed by atoms with Gasteiger partial charge in [-0.05, 0) is 54.2 Å². The molecule has 5 aliphatic rings. The van der Waals surface area contributed by atoms with Gasteiger partial charge < -0.3 is 19.3 Å². The van der Waals surface area contributed by atoms with Crippen molar-refractivity contribution in [3.63, 3.8) is 0 Å². The topological polar surface area (TPSA) is 82.1 Å². The van der Waals surface area contributed by atoms with Gasteiger partial charge in [-0.3, -0.25) is 4.79 Å². The third-order valence-corrected chi connectivity index (χ3v) is 7.89. The van der Waals surface area contributed by atoms with Crippen LogP contribution in [0.2, 0.25) is 0 Å². The van der Waals surface area contributed by atoms with E-state index in [0.29, 0.717) is 25.4 Å². The fourth-order valence-electron chi connectivity index (χ4n) is 6.28. The number of rotatable bonds is 4. The Labute approximate surface area is 194 Å². The number of aliphatic hydroxyl groups is 1. The summed E-state index contributed by atoms with van der Waals surface area (Å²) in [5, 5.41) is 10.7. The highest BCUT2D eigenvalue weighted by atomic mass is 16.5. The molecule has 6 nitrogen and oxygen atoms in total. The number of hydrogen-bond acceptors (Lipinski definition) is 6. The lowest BCUT2D eigenvalue weighted by Gasteiger charge is -2.39. The number of ketones is 1. The lowest BCUT2D eigenvalue weighted by Crippen LogP contribution is -2.40. The van der Waals surface area contributed by atoms with Gasteiger partial charge in [-0.15, -0.1) is 0 Å². The highest BCUT2D eigenvalue weighted by Crippen LogP contribution is 2.50. The fourth-order valence-corrected chi connectivity index (χ4v) is 6.28. The second-order valence-electron chi connectivity index (χ2n) is 10.1. The van der Waals surface area contributed by atoms with Crippen molar-refractivity contribution in [3.8, 4) is 5.75 Å². The van der Waals surface area contributed by atoms with E-state index in [2.05, 4.69) is 19.1 Å². The summed E-state index contributed by atoms with van der Waals surface area (Å²) in [4.78, 5) is 25.3. The Morgan fingerprint density at radius 1 is 1.06 bits per heavy atom. The minimum absolute atomic E-state index is 0.00726. The number of hydrogen-bond donors (Lipinski definition) is 1. The zero-order chi connectivity index (χ0) is 23.1. The quantitative estimate of drug-likeness (QED) is 0.427. The number of Topliss-reactive ketones (excluding diaryl/α,β-unsaturated/α-hetero) is 1. The summed E-state index contributed by atoms with van der Waals surface area (Å²) in [7, 11) is 1.65. The van der Waals surface area contributed by atoms with E-state index in [0.717, 1.165) is 17.7 Å². The second-order valence-corrected chi connectivity index (χ2v) is 10.1. The molecule has 1 saturated heterocycles. The molecule has 0 aromatic heterocycles. The molecule has 0 spiro atoms. The first-order valence-electron chi connectivity index (χ1n) is 12.0. The average molecular weight is 453 g/mol. The third-order valence-electron chi connectivity index (χ3n) is 7.89.